The summed E-state index contributed by atoms with van der Waals surface area (Å²) in [5.41, 5.74) is 1.28. The first-order chi connectivity index (χ1) is 10.2. The molecule has 0 aliphatic rings. The van der Waals surface area contributed by atoms with E-state index in [1.54, 1.807) is 0 Å². The van der Waals surface area contributed by atoms with Gasteiger partial charge < -0.3 is 4.74 Å². The predicted octanol–water partition coefficient (Wildman–Crippen LogP) is 4.49. The summed E-state index contributed by atoms with van der Waals surface area (Å²) in [5.74, 6) is -0.208. The van der Waals surface area contributed by atoms with Crippen LogP contribution >= 0.6 is 0 Å². The Hall–Kier alpha value is -2.35. The van der Waals surface area contributed by atoms with Crippen LogP contribution in [0.3, 0.4) is 0 Å². The molecular formula is C19H18O2. The first-order valence-corrected chi connectivity index (χ1v) is 7.28. The second kappa shape index (κ2) is 5.96. The lowest BCUT2D eigenvalue weighted by atomic mass is 9.99. The van der Waals surface area contributed by atoms with Gasteiger partial charge in [0.1, 0.15) is 0 Å². The molecule has 106 valence electrons. The molecule has 3 aromatic carbocycles. The highest BCUT2D eigenvalue weighted by molar-refractivity contribution is 6.07. The van der Waals surface area contributed by atoms with E-state index in [0.717, 1.165) is 12.8 Å². The van der Waals surface area contributed by atoms with Crippen LogP contribution in [0, 0.1) is 0 Å². The van der Waals surface area contributed by atoms with Crippen molar-refractivity contribution in [2.75, 3.05) is 6.61 Å². The van der Waals surface area contributed by atoms with Gasteiger partial charge in [-0.3, -0.25) is 4.79 Å². The first-order valence-electron chi connectivity index (χ1n) is 7.28. The summed E-state index contributed by atoms with van der Waals surface area (Å²) in [5, 5.41) is 5.12. The normalized spacial score (nSPS) is 10.9. The van der Waals surface area contributed by atoms with Crippen LogP contribution in [-0.2, 0) is 16.0 Å². The molecule has 2 heteroatoms. The number of ether oxygens (including phenoxy) is 1. The Bertz CT molecular complexity index is 790. The topological polar surface area (TPSA) is 26.3 Å². The number of aryl methyl sites for hydroxylation is 1. The Balaban J connectivity index is 1.84. The Morgan fingerprint density at radius 3 is 2.57 bits per heavy atom. The van der Waals surface area contributed by atoms with Crippen molar-refractivity contribution in [1.29, 1.82) is 0 Å². The molecule has 0 spiro atoms. The third-order valence-corrected chi connectivity index (χ3v) is 3.72. The van der Waals surface area contributed by atoms with Crippen molar-refractivity contribution in [1.82, 2.24) is 0 Å². The van der Waals surface area contributed by atoms with Crippen LogP contribution in [0.25, 0.3) is 21.5 Å². The molecule has 0 heterocycles. The van der Waals surface area contributed by atoms with E-state index in [4.69, 9.17) is 4.74 Å². The molecule has 0 unspecified atom stereocenters. The lowest BCUT2D eigenvalue weighted by Gasteiger charge is -2.07. The fourth-order valence-electron chi connectivity index (χ4n) is 2.71. The van der Waals surface area contributed by atoms with Gasteiger partial charge in [0.2, 0.25) is 0 Å². The van der Waals surface area contributed by atoms with Crippen molar-refractivity contribution in [3.63, 3.8) is 0 Å². The number of fused-ring (bicyclic) bond motifs is 3. The molecule has 3 aromatic rings. The Morgan fingerprint density at radius 1 is 0.952 bits per heavy atom. The number of benzene rings is 3. The van der Waals surface area contributed by atoms with Crippen LogP contribution in [0.1, 0.15) is 18.9 Å². The van der Waals surface area contributed by atoms with Crippen LogP contribution in [0.4, 0.5) is 0 Å². The summed E-state index contributed by atoms with van der Waals surface area (Å²) in [6, 6.07) is 19.4. The van der Waals surface area contributed by atoms with E-state index in [-0.39, 0.29) is 5.97 Å². The number of rotatable bonds is 4. The quantitative estimate of drug-likeness (QED) is 0.399. The lowest BCUT2D eigenvalue weighted by Crippen LogP contribution is -2.01. The van der Waals surface area contributed by atoms with Gasteiger partial charge in [-0.05, 0) is 39.9 Å². The molecule has 0 saturated heterocycles. The van der Waals surface area contributed by atoms with Gasteiger partial charge in [-0.2, -0.15) is 0 Å². The van der Waals surface area contributed by atoms with Crippen LogP contribution in [0.2, 0.25) is 0 Å². The maximum atomic E-state index is 10.7. The lowest BCUT2D eigenvalue weighted by molar-refractivity contribution is -0.141. The largest absolute Gasteiger partial charge is 0.466 e. The van der Waals surface area contributed by atoms with E-state index in [0.29, 0.717) is 6.61 Å². The standard InChI is InChI=1S/C19H18O2/c1-14(20)21-12-4-5-15-8-11-19-17(13-15)10-9-16-6-2-3-7-18(16)19/h2-3,6-11,13H,4-5,12H2,1H3. The minimum absolute atomic E-state index is 0.208. The molecule has 0 amide bonds. The molecule has 0 N–H and O–H groups in total. The Kier molecular flexibility index (Phi) is 3.87. The van der Waals surface area contributed by atoms with Crippen molar-refractivity contribution < 1.29 is 9.53 Å². The number of hydrogen-bond acceptors (Lipinski definition) is 2. The molecule has 3 rings (SSSR count). The molecule has 21 heavy (non-hydrogen) atoms. The summed E-state index contributed by atoms with van der Waals surface area (Å²) in [6.45, 7) is 1.94. The van der Waals surface area contributed by atoms with Gasteiger partial charge in [-0.1, -0.05) is 54.6 Å². The highest BCUT2D eigenvalue weighted by atomic mass is 16.5. The minimum atomic E-state index is -0.208. The van der Waals surface area contributed by atoms with E-state index in [1.165, 1.54) is 34.0 Å². The molecule has 0 aliphatic carbocycles. The average Bonchev–Trinajstić information content (AvgIpc) is 2.51. The van der Waals surface area contributed by atoms with Gasteiger partial charge in [0.15, 0.2) is 0 Å². The monoisotopic (exact) mass is 278 g/mol. The fourth-order valence-corrected chi connectivity index (χ4v) is 2.71. The average molecular weight is 278 g/mol. The van der Waals surface area contributed by atoms with E-state index < -0.39 is 0 Å². The zero-order chi connectivity index (χ0) is 14.7. The number of hydrogen-bond donors (Lipinski definition) is 0. The second-order valence-electron chi connectivity index (χ2n) is 5.29. The molecule has 0 fully saturated rings. The van der Waals surface area contributed by atoms with Crippen LogP contribution in [-0.4, -0.2) is 12.6 Å². The van der Waals surface area contributed by atoms with Gasteiger partial charge in [-0.15, -0.1) is 0 Å². The first kappa shape index (κ1) is 13.6. The Morgan fingerprint density at radius 2 is 1.71 bits per heavy atom. The highest BCUT2D eigenvalue weighted by Crippen LogP contribution is 2.26. The van der Waals surface area contributed by atoms with Crippen molar-refractivity contribution in [2.24, 2.45) is 0 Å². The molecule has 2 nitrogen and oxygen atoms in total. The summed E-state index contributed by atoms with van der Waals surface area (Å²) in [7, 11) is 0. The smallest absolute Gasteiger partial charge is 0.302 e. The Labute approximate surface area is 124 Å². The minimum Gasteiger partial charge on any atom is -0.466 e. The van der Waals surface area contributed by atoms with Gasteiger partial charge in [0, 0.05) is 6.92 Å². The summed E-state index contributed by atoms with van der Waals surface area (Å²) in [4.78, 5) is 10.7. The summed E-state index contributed by atoms with van der Waals surface area (Å²) < 4.78 is 4.97. The zero-order valence-electron chi connectivity index (χ0n) is 12.1. The third kappa shape index (κ3) is 3.05. The predicted molar refractivity (Wildman–Crippen MR) is 86.4 cm³/mol. The van der Waals surface area contributed by atoms with Crippen LogP contribution < -0.4 is 0 Å². The van der Waals surface area contributed by atoms with Crippen LogP contribution in [0.5, 0.6) is 0 Å². The van der Waals surface area contributed by atoms with Crippen LogP contribution in [0.15, 0.2) is 54.6 Å². The van der Waals surface area contributed by atoms with Crippen molar-refractivity contribution in [2.45, 2.75) is 19.8 Å². The number of carbonyl (C=O) groups is 1. The van der Waals surface area contributed by atoms with Gasteiger partial charge in [-0.25, -0.2) is 0 Å². The molecular weight excluding hydrogens is 260 g/mol. The van der Waals surface area contributed by atoms with E-state index in [1.807, 2.05) is 0 Å². The van der Waals surface area contributed by atoms with Crippen molar-refractivity contribution in [3.05, 3.63) is 60.2 Å². The SMILES string of the molecule is CC(=O)OCCCc1ccc2c(ccc3ccccc32)c1. The van der Waals surface area contributed by atoms with Gasteiger partial charge >= 0.3 is 5.97 Å². The maximum Gasteiger partial charge on any atom is 0.302 e. The fraction of sp³-hybridized carbons (Fsp3) is 0.211. The van der Waals surface area contributed by atoms with E-state index in [9.17, 15) is 4.79 Å². The zero-order valence-corrected chi connectivity index (χ0v) is 12.1. The highest BCUT2D eigenvalue weighted by Gasteiger charge is 2.02. The molecule has 0 bridgehead atoms. The van der Waals surface area contributed by atoms with E-state index >= 15 is 0 Å². The number of esters is 1. The molecule has 0 atom stereocenters. The van der Waals surface area contributed by atoms with Gasteiger partial charge in [0.25, 0.3) is 0 Å². The second-order valence-corrected chi connectivity index (χ2v) is 5.29. The van der Waals surface area contributed by atoms with Crippen molar-refractivity contribution >= 4 is 27.5 Å². The van der Waals surface area contributed by atoms with Crippen molar-refractivity contribution in [3.8, 4) is 0 Å². The molecule has 0 radical (unpaired) electrons. The van der Waals surface area contributed by atoms with Gasteiger partial charge in [0.05, 0.1) is 6.61 Å². The van der Waals surface area contributed by atoms with E-state index in [2.05, 4.69) is 54.6 Å². The summed E-state index contributed by atoms with van der Waals surface area (Å²) >= 11 is 0. The molecule has 0 aliphatic heterocycles. The maximum absolute atomic E-state index is 10.7. The molecule has 0 aromatic heterocycles. The third-order valence-electron chi connectivity index (χ3n) is 3.72. The number of carbonyl (C=O) groups excluding carboxylic acids is 1. The summed E-state index contributed by atoms with van der Waals surface area (Å²) in [6.07, 6.45) is 1.79. The molecule has 0 saturated carbocycles.